The number of carboxylic acids is 1. The van der Waals surface area contributed by atoms with Gasteiger partial charge in [0.15, 0.2) is 4.77 Å². The molecule has 0 saturated heterocycles. The summed E-state index contributed by atoms with van der Waals surface area (Å²) in [6, 6.07) is 13.1. The summed E-state index contributed by atoms with van der Waals surface area (Å²) in [4.78, 5) is 26.4. The number of nitrogens with one attached hydrogen (secondary N) is 1. The number of aromatic amines is 1. The first kappa shape index (κ1) is 13.3. The first-order valence-electron chi connectivity index (χ1n) is 6.16. The number of aromatic nitrogens is 2. The van der Waals surface area contributed by atoms with Crippen molar-refractivity contribution in [2.45, 2.75) is 0 Å². The van der Waals surface area contributed by atoms with Crippen LogP contribution < -0.4 is 5.56 Å². The average Bonchev–Trinajstić information content (AvgIpc) is 2.48. The van der Waals surface area contributed by atoms with Crippen LogP contribution in [-0.2, 0) is 0 Å². The van der Waals surface area contributed by atoms with Gasteiger partial charge in [0.25, 0.3) is 5.56 Å². The lowest BCUT2D eigenvalue weighted by molar-refractivity contribution is 0.0697. The molecular weight excluding hydrogens is 288 g/mol. The third-order valence-corrected chi connectivity index (χ3v) is 3.46. The molecule has 0 saturated carbocycles. The number of benzene rings is 2. The maximum Gasteiger partial charge on any atom is 0.335 e. The number of carbonyl (C=O) groups is 1. The van der Waals surface area contributed by atoms with Crippen LogP contribution in [0.3, 0.4) is 0 Å². The lowest BCUT2D eigenvalue weighted by Gasteiger charge is -2.08. The third kappa shape index (κ3) is 2.25. The molecular formula is C15H10N2O3S. The van der Waals surface area contributed by atoms with Gasteiger partial charge in [0, 0.05) is 0 Å². The molecule has 1 heterocycles. The minimum Gasteiger partial charge on any atom is -0.478 e. The van der Waals surface area contributed by atoms with Crippen molar-refractivity contribution in [2.75, 3.05) is 0 Å². The van der Waals surface area contributed by atoms with Gasteiger partial charge in [-0.1, -0.05) is 12.1 Å². The molecule has 0 bridgehead atoms. The lowest BCUT2D eigenvalue weighted by atomic mass is 10.2. The van der Waals surface area contributed by atoms with Crippen LogP contribution >= 0.6 is 12.2 Å². The minimum absolute atomic E-state index is 0.155. The number of para-hydroxylation sites is 1. The molecule has 0 spiro atoms. The molecule has 2 N–H and O–H groups in total. The normalized spacial score (nSPS) is 10.7. The van der Waals surface area contributed by atoms with Crippen LogP contribution in [0.5, 0.6) is 0 Å². The fraction of sp³-hybridized carbons (Fsp3) is 0. The Morgan fingerprint density at radius 3 is 2.43 bits per heavy atom. The summed E-state index contributed by atoms with van der Waals surface area (Å²) in [5.41, 5.74) is 1.11. The molecule has 21 heavy (non-hydrogen) atoms. The molecule has 0 fully saturated rings. The molecule has 0 unspecified atom stereocenters. The summed E-state index contributed by atoms with van der Waals surface area (Å²) in [5, 5.41) is 9.42. The van der Waals surface area contributed by atoms with Crippen molar-refractivity contribution in [1.82, 2.24) is 9.55 Å². The van der Waals surface area contributed by atoms with Gasteiger partial charge >= 0.3 is 5.97 Å². The highest BCUT2D eigenvalue weighted by Gasteiger charge is 2.08. The van der Waals surface area contributed by atoms with Crippen LogP contribution in [0.25, 0.3) is 16.6 Å². The Bertz CT molecular complexity index is 955. The van der Waals surface area contributed by atoms with Gasteiger partial charge in [0.2, 0.25) is 0 Å². The summed E-state index contributed by atoms with van der Waals surface area (Å²) in [6.07, 6.45) is 0. The van der Waals surface area contributed by atoms with Gasteiger partial charge in [-0.2, -0.15) is 0 Å². The molecule has 0 aliphatic rings. The van der Waals surface area contributed by atoms with E-state index in [9.17, 15) is 9.59 Å². The number of hydrogen-bond acceptors (Lipinski definition) is 3. The summed E-state index contributed by atoms with van der Waals surface area (Å²) in [7, 11) is 0. The molecule has 0 aliphatic carbocycles. The quantitative estimate of drug-likeness (QED) is 0.713. The van der Waals surface area contributed by atoms with Crippen molar-refractivity contribution in [2.24, 2.45) is 0 Å². The molecule has 0 radical (unpaired) electrons. The lowest BCUT2D eigenvalue weighted by Crippen LogP contribution is -2.20. The average molecular weight is 298 g/mol. The second-order valence-electron chi connectivity index (χ2n) is 4.47. The largest absolute Gasteiger partial charge is 0.478 e. The topological polar surface area (TPSA) is 75.1 Å². The van der Waals surface area contributed by atoms with Crippen LogP contribution in [0.1, 0.15) is 10.4 Å². The molecule has 0 aliphatic heterocycles. The SMILES string of the molecule is O=C(O)c1ccc(-n2c(=S)[nH]c3ccccc3c2=O)cc1. The van der Waals surface area contributed by atoms with E-state index in [4.69, 9.17) is 17.3 Å². The van der Waals surface area contributed by atoms with Gasteiger partial charge < -0.3 is 10.1 Å². The fourth-order valence-corrected chi connectivity index (χ4v) is 2.45. The van der Waals surface area contributed by atoms with Crippen LogP contribution in [0.15, 0.2) is 53.3 Å². The van der Waals surface area contributed by atoms with Crippen molar-refractivity contribution < 1.29 is 9.90 Å². The van der Waals surface area contributed by atoms with E-state index in [0.717, 1.165) is 0 Å². The Morgan fingerprint density at radius 1 is 1.10 bits per heavy atom. The van der Waals surface area contributed by atoms with Crippen molar-refractivity contribution in [3.63, 3.8) is 0 Å². The first-order valence-corrected chi connectivity index (χ1v) is 6.56. The van der Waals surface area contributed by atoms with Gasteiger partial charge in [0.1, 0.15) is 0 Å². The summed E-state index contributed by atoms with van der Waals surface area (Å²) in [6.45, 7) is 0. The Morgan fingerprint density at radius 2 is 1.76 bits per heavy atom. The number of aromatic carboxylic acids is 1. The molecule has 104 valence electrons. The predicted molar refractivity (Wildman–Crippen MR) is 81.7 cm³/mol. The first-order chi connectivity index (χ1) is 10.1. The Labute approximate surface area is 124 Å². The van der Waals surface area contributed by atoms with Crippen molar-refractivity contribution in [3.8, 4) is 5.69 Å². The number of rotatable bonds is 2. The summed E-state index contributed by atoms with van der Waals surface area (Å²) in [5.74, 6) is -1.02. The summed E-state index contributed by atoms with van der Waals surface area (Å²) < 4.78 is 1.62. The van der Waals surface area contributed by atoms with Crippen LogP contribution in [0.4, 0.5) is 0 Å². The van der Waals surface area contributed by atoms with E-state index in [1.165, 1.54) is 16.7 Å². The van der Waals surface area contributed by atoms with Gasteiger partial charge in [-0.3, -0.25) is 9.36 Å². The predicted octanol–water partition coefficient (Wildman–Crippen LogP) is 2.75. The Kier molecular flexibility index (Phi) is 3.15. The highest BCUT2D eigenvalue weighted by atomic mass is 32.1. The number of nitrogens with zero attached hydrogens (tertiary/aromatic N) is 1. The van der Waals surface area contributed by atoms with Crippen molar-refractivity contribution >= 4 is 29.1 Å². The van der Waals surface area contributed by atoms with Crippen LogP contribution in [0, 0.1) is 4.77 Å². The van der Waals surface area contributed by atoms with E-state index in [2.05, 4.69) is 4.98 Å². The number of carboxylic acid groups (broad SMARTS) is 1. The van der Waals surface area contributed by atoms with E-state index in [1.54, 1.807) is 30.3 Å². The molecule has 3 aromatic rings. The molecule has 5 nitrogen and oxygen atoms in total. The molecule has 6 heteroatoms. The molecule has 0 amide bonds. The second-order valence-corrected chi connectivity index (χ2v) is 4.86. The maximum atomic E-state index is 12.5. The van der Waals surface area contributed by atoms with Gasteiger partial charge in [-0.05, 0) is 48.6 Å². The van der Waals surface area contributed by atoms with E-state index in [1.807, 2.05) is 6.07 Å². The monoisotopic (exact) mass is 298 g/mol. The zero-order valence-corrected chi connectivity index (χ0v) is 11.6. The van der Waals surface area contributed by atoms with Crippen LogP contribution in [0.2, 0.25) is 0 Å². The second kappa shape index (κ2) is 4.99. The van der Waals surface area contributed by atoms with E-state index < -0.39 is 5.97 Å². The zero-order chi connectivity index (χ0) is 15.0. The number of fused-ring (bicyclic) bond motifs is 1. The van der Waals surface area contributed by atoms with Gasteiger partial charge in [0.05, 0.1) is 22.2 Å². The van der Waals surface area contributed by atoms with Crippen LogP contribution in [-0.4, -0.2) is 20.6 Å². The molecule has 1 aromatic heterocycles. The van der Waals surface area contributed by atoms with Gasteiger partial charge in [-0.25, -0.2) is 4.79 Å². The number of H-pyrrole nitrogens is 1. The van der Waals surface area contributed by atoms with E-state index in [0.29, 0.717) is 16.6 Å². The smallest absolute Gasteiger partial charge is 0.335 e. The van der Waals surface area contributed by atoms with Crippen molar-refractivity contribution in [1.29, 1.82) is 0 Å². The third-order valence-electron chi connectivity index (χ3n) is 3.18. The summed E-state index contributed by atoms with van der Waals surface area (Å²) >= 11 is 5.22. The molecule has 0 atom stereocenters. The van der Waals surface area contributed by atoms with Gasteiger partial charge in [-0.15, -0.1) is 0 Å². The number of hydrogen-bond donors (Lipinski definition) is 2. The minimum atomic E-state index is -1.02. The van der Waals surface area contributed by atoms with E-state index in [-0.39, 0.29) is 15.9 Å². The molecule has 2 aromatic carbocycles. The highest BCUT2D eigenvalue weighted by molar-refractivity contribution is 7.71. The Hall–Kier alpha value is -2.73. The fourth-order valence-electron chi connectivity index (χ4n) is 2.15. The maximum absolute atomic E-state index is 12.5. The standard InChI is InChI=1S/C15H10N2O3S/c18-13-11-3-1-2-4-12(11)16-15(21)17(13)10-7-5-9(6-8-10)14(19)20/h1-8H,(H,16,21)(H,19,20). The highest BCUT2D eigenvalue weighted by Crippen LogP contribution is 2.12. The Balaban J connectivity index is 2.27. The molecule has 3 rings (SSSR count). The van der Waals surface area contributed by atoms with Crippen molar-refractivity contribution in [3.05, 3.63) is 69.2 Å². The van der Waals surface area contributed by atoms with E-state index >= 15 is 0 Å². The zero-order valence-electron chi connectivity index (χ0n) is 10.7.